The number of phenols is 2. The van der Waals surface area contributed by atoms with Gasteiger partial charge in [0.2, 0.25) is 17.7 Å². The quantitative estimate of drug-likeness (QED) is 0.195. The second-order valence-corrected chi connectivity index (χ2v) is 10.2. The number of nitrogens with two attached hydrogens (primary N) is 1. The summed E-state index contributed by atoms with van der Waals surface area (Å²) in [7, 11) is 0. The Labute approximate surface area is 227 Å². The van der Waals surface area contributed by atoms with Crippen LogP contribution in [0.2, 0.25) is 0 Å². The van der Waals surface area contributed by atoms with Crippen molar-refractivity contribution in [2.75, 3.05) is 0 Å². The van der Waals surface area contributed by atoms with E-state index in [0.29, 0.717) is 11.1 Å². The summed E-state index contributed by atoms with van der Waals surface area (Å²) in [6, 6.07) is 8.00. The molecule has 0 radical (unpaired) electrons. The fourth-order valence-corrected chi connectivity index (χ4v) is 3.88. The van der Waals surface area contributed by atoms with Crippen molar-refractivity contribution in [3.63, 3.8) is 0 Å². The number of phenolic OH excluding ortho intramolecular Hbond substituents is 2. The van der Waals surface area contributed by atoms with E-state index < -0.39 is 53.8 Å². The predicted molar refractivity (Wildman–Crippen MR) is 145 cm³/mol. The van der Waals surface area contributed by atoms with Gasteiger partial charge < -0.3 is 37.0 Å². The third kappa shape index (κ3) is 9.60. The molecule has 2 rings (SSSR count). The Morgan fingerprint density at radius 3 is 1.54 bits per heavy atom. The molecule has 0 aromatic heterocycles. The molecule has 0 aliphatic heterocycles. The zero-order valence-corrected chi connectivity index (χ0v) is 22.5. The van der Waals surface area contributed by atoms with Crippen molar-refractivity contribution in [2.24, 2.45) is 17.6 Å². The molecule has 0 heterocycles. The highest BCUT2D eigenvalue weighted by molar-refractivity contribution is 5.94. The molecule has 4 unspecified atom stereocenters. The highest BCUT2D eigenvalue weighted by atomic mass is 16.4. The maximum atomic E-state index is 13.4. The molecular weight excluding hydrogens is 504 g/mol. The molecule has 0 aliphatic rings. The van der Waals surface area contributed by atoms with E-state index in [1.807, 2.05) is 0 Å². The molecular formula is C28H38N4O7. The van der Waals surface area contributed by atoms with Crippen molar-refractivity contribution in [1.29, 1.82) is 0 Å². The number of rotatable bonds is 13. The van der Waals surface area contributed by atoms with Crippen LogP contribution in [0.4, 0.5) is 0 Å². The molecule has 11 heteroatoms. The highest BCUT2D eigenvalue weighted by Gasteiger charge is 2.33. The number of carbonyl (C=O) groups is 4. The van der Waals surface area contributed by atoms with Crippen LogP contribution in [0.15, 0.2) is 48.5 Å². The smallest absolute Gasteiger partial charge is 0.326 e. The van der Waals surface area contributed by atoms with Crippen LogP contribution in [0.25, 0.3) is 0 Å². The lowest BCUT2D eigenvalue weighted by atomic mass is 9.98. The lowest BCUT2D eigenvalue weighted by molar-refractivity contribution is -0.143. The molecule has 0 aliphatic carbocycles. The minimum absolute atomic E-state index is 0.0365. The van der Waals surface area contributed by atoms with Crippen molar-refractivity contribution < 1.29 is 34.5 Å². The summed E-state index contributed by atoms with van der Waals surface area (Å²) in [6.07, 6.45) is 0.197. The van der Waals surface area contributed by atoms with Crippen LogP contribution in [0.1, 0.15) is 38.8 Å². The van der Waals surface area contributed by atoms with E-state index in [0.717, 1.165) is 0 Å². The van der Waals surface area contributed by atoms with Gasteiger partial charge in [0.25, 0.3) is 0 Å². The average Bonchev–Trinajstić information content (AvgIpc) is 2.87. The molecule has 0 spiro atoms. The van der Waals surface area contributed by atoms with Crippen molar-refractivity contribution in [1.82, 2.24) is 16.0 Å². The fourth-order valence-electron chi connectivity index (χ4n) is 3.88. The number of hydrogen-bond acceptors (Lipinski definition) is 7. The number of hydrogen-bond donors (Lipinski definition) is 7. The third-order valence-corrected chi connectivity index (χ3v) is 6.22. The van der Waals surface area contributed by atoms with Crippen molar-refractivity contribution >= 4 is 23.7 Å². The second kappa shape index (κ2) is 14.1. The van der Waals surface area contributed by atoms with Crippen LogP contribution in [0.3, 0.4) is 0 Å². The molecule has 0 bridgehead atoms. The Kier molecular flexibility index (Phi) is 11.3. The number of nitrogens with one attached hydrogen (secondary N) is 3. The van der Waals surface area contributed by atoms with Gasteiger partial charge in [-0.15, -0.1) is 0 Å². The SMILES string of the molecule is CC(C)C(NC(=O)C(NC(=O)C(Cc1ccc(O)cc1)NC(=O)C(N)Cc1ccc(O)cc1)C(C)C)C(=O)O. The van der Waals surface area contributed by atoms with Crippen LogP contribution in [-0.4, -0.2) is 63.2 Å². The number of benzene rings is 2. The number of amides is 3. The van der Waals surface area contributed by atoms with E-state index >= 15 is 0 Å². The number of aliphatic carboxylic acids is 1. The first-order valence-electron chi connectivity index (χ1n) is 12.7. The van der Waals surface area contributed by atoms with E-state index in [1.54, 1.807) is 52.0 Å². The molecule has 4 atom stereocenters. The maximum absolute atomic E-state index is 13.4. The number of carbonyl (C=O) groups excluding carboxylic acids is 3. The number of carboxylic acid groups (broad SMARTS) is 1. The molecule has 3 amide bonds. The number of aromatic hydroxyl groups is 2. The molecule has 2 aromatic carbocycles. The van der Waals surface area contributed by atoms with Crippen LogP contribution in [-0.2, 0) is 32.0 Å². The van der Waals surface area contributed by atoms with E-state index in [9.17, 15) is 34.5 Å². The van der Waals surface area contributed by atoms with Gasteiger partial charge in [-0.3, -0.25) is 14.4 Å². The molecule has 11 nitrogen and oxygen atoms in total. The second-order valence-electron chi connectivity index (χ2n) is 10.2. The van der Waals surface area contributed by atoms with E-state index in [-0.39, 0.29) is 30.3 Å². The lowest BCUT2D eigenvalue weighted by Crippen LogP contribution is -2.59. The minimum atomic E-state index is -1.19. The molecule has 8 N–H and O–H groups in total. The number of carboxylic acids is 1. The summed E-state index contributed by atoms with van der Waals surface area (Å²) in [5.41, 5.74) is 7.45. The monoisotopic (exact) mass is 542 g/mol. The van der Waals surface area contributed by atoms with E-state index in [2.05, 4.69) is 16.0 Å². The van der Waals surface area contributed by atoms with Crippen LogP contribution in [0.5, 0.6) is 11.5 Å². The average molecular weight is 543 g/mol. The molecule has 39 heavy (non-hydrogen) atoms. The topological polar surface area (TPSA) is 191 Å². The van der Waals surface area contributed by atoms with Crippen LogP contribution < -0.4 is 21.7 Å². The van der Waals surface area contributed by atoms with E-state index in [1.165, 1.54) is 24.3 Å². The Bertz CT molecular complexity index is 1130. The Morgan fingerprint density at radius 2 is 1.10 bits per heavy atom. The summed E-state index contributed by atoms with van der Waals surface area (Å²) in [4.78, 5) is 50.9. The zero-order valence-electron chi connectivity index (χ0n) is 22.5. The van der Waals surface area contributed by atoms with Crippen molar-refractivity contribution in [3.8, 4) is 11.5 Å². The first-order valence-corrected chi connectivity index (χ1v) is 12.7. The van der Waals surface area contributed by atoms with Gasteiger partial charge in [-0.1, -0.05) is 52.0 Å². The summed E-state index contributed by atoms with van der Waals surface area (Å²) < 4.78 is 0. The maximum Gasteiger partial charge on any atom is 0.326 e. The molecule has 2 aromatic rings. The van der Waals surface area contributed by atoms with Crippen molar-refractivity contribution in [3.05, 3.63) is 59.7 Å². The van der Waals surface area contributed by atoms with E-state index in [4.69, 9.17) is 5.73 Å². The van der Waals surface area contributed by atoms with Gasteiger partial charge in [0.1, 0.15) is 29.6 Å². The van der Waals surface area contributed by atoms with Gasteiger partial charge >= 0.3 is 5.97 Å². The normalized spacial score (nSPS) is 14.2. The molecule has 0 fully saturated rings. The standard InChI is InChI=1S/C28H38N4O7/c1-15(2)23(27(37)32-24(16(3)4)28(38)39)31-26(36)22(14-18-7-11-20(34)12-8-18)30-25(35)21(29)13-17-5-9-19(33)10-6-17/h5-12,15-16,21-24,33-34H,13-14,29H2,1-4H3,(H,30,35)(H,31,36)(H,32,37)(H,38,39). The molecule has 212 valence electrons. The summed E-state index contributed by atoms with van der Waals surface area (Å²) in [6.45, 7) is 6.73. The van der Waals surface area contributed by atoms with Gasteiger partial charge in [-0.2, -0.15) is 0 Å². The van der Waals surface area contributed by atoms with Gasteiger partial charge in [0, 0.05) is 6.42 Å². The first-order chi connectivity index (χ1) is 18.3. The largest absolute Gasteiger partial charge is 0.508 e. The first kappa shape index (κ1) is 31.1. The third-order valence-electron chi connectivity index (χ3n) is 6.22. The fraction of sp³-hybridized carbons (Fsp3) is 0.429. The highest BCUT2D eigenvalue weighted by Crippen LogP contribution is 2.14. The Hall–Kier alpha value is -4.12. The van der Waals surface area contributed by atoms with Gasteiger partial charge in [-0.05, 0) is 53.6 Å². The van der Waals surface area contributed by atoms with Crippen LogP contribution >= 0.6 is 0 Å². The Morgan fingerprint density at radius 1 is 0.667 bits per heavy atom. The zero-order chi connectivity index (χ0) is 29.3. The summed E-state index contributed by atoms with van der Waals surface area (Å²) >= 11 is 0. The Balaban J connectivity index is 2.22. The minimum Gasteiger partial charge on any atom is -0.508 e. The van der Waals surface area contributed by atoms with Crippen LogP contribution in [0, 0.1) is 11.8 Å². The summed E-state index contributed by atoms with van der Waals surface area (Å²) in [5, 5.41) is 36.3. The van der Waals surface area contributed by atoms with Gasteiger partial charge in [0.15, 0.2) is 0 Å². The molecule has 0 saturated heterocycles. The van der Waals surface area contributed by atoms with Gasteiger partial charge in [-0.25, -0.2) is 4.79 Å². The van der Waals surface area contributed by atoms with Crippen molar-refractivity contribution in [2.45, 2.75) is 64.7 Å². The molecule has 0 saturated carbocycles. The summed E-state index contributed by atoms with van der Waals surface area (Å²) in [5.74, 6) is -3.75. The lowest BCUT2D eigenvalue weighted by Gasteiger charge is -2.28. The predicted octanol–water partition coefficient (Wildman–Crippen LogP) is 1.06. The van der Waals surface area contributed by atoms with Gasteiger partial charge in [0.05, 0.1) is 6.04 Å².